The van der Waals surface area contributed by atoms with Crippen LogP contribution in [-0.4, -0.2) is 44.0 Å². The summed E-state index contributed by atoms with van der Waals surface area (Å²) in [6.07, 6.45) is 0.0386. The van der Waals surface area contributed by atoms with Crippen molar-refractivity contribution in [2.75, 3.05) is 33.0 Å². The Morgan fingerprint density at radius 2 is 1.69 bits per heavy atom. The number of hydrogen-bond acceptors (Lipinski definition) is 4. The van der Waals surface area contributed by atoms with Gasteiger partial charge in [-0.25, -0.2) is 0 Å². The van der Waals surface area contributed by atoms with Gasteiger partial charge in [-0.3, -0.25) is 4.79 Å². The Morgan fingerprint density at radius 1 is 1.15 bits per heavy atom. The van der Waals surface area contributed by atoms with E-state index in [-0.39, 0.29) is 25.4 Å². The van der Waals surface area contributed by atoms with Crippen LogP contribution in [0, 0.1) is 0 Å². The van der Waals surface area contributed by atoms with E-state index in [2.05, 4.69) is 0 Å². The highest BCUT2D eigenvalue weighted by atomic mass is 35.5. The fourth-order valence-electron chi connectivity index (χ4n) is 0.565. The van der Waals surface area contributed by atoms with E-state index in [1.165, 1.54) is 0 Å². The molecule has 0 saturated carbocycles. The van der Waals surface area contributed by atoms with Crippen molar-refractivity contribution in [3.63, 3.8) is 0 Å². The highest BCUT2D eigenvalue weighted by Crippen LogP contribution is 1.83. The molecule has 0 aromatic heterocycles. The lowest BCUT2D eigenvalue weighted by atomic mass is 10.5. The molecule has 0 heterocycles. The maximum atomic E-state index is 10.0. The Labute approximate surface area is 83.6 Å². The molecule has 0 aromatic carbocycles. The second-order valence-corrected chi connectivity index (χ2v) is 2.16. The van der Waals surface area contributed by atoms with Gasteiger partial charge < -0.3 is 20.3 Å². The third kappa shape index (κ3) is 14.5. The summed E-state index contributed by atoms with van der Waals surface area (Å²) >= 11 is 0. The zero-order chi connectivity index (χ0) is 9.23. The van der Waals surface area contributed by atoms with Crippen molar-refractivity contribution in [2.24, 2.45) is 5.73 Å². The van der Waals surface area contributed by atoms with Crippen molar-refractivity contribution in [3.05, 3.63) is 0 Å². The van der Waals surface area contributed by atoms with Crippen LogP contribution in [0.4, 0.5) is 0 Å². The molecule has 5 nitrogen and oxygen atoms in total. The van der Waals surface area contributed by atoms with E-state index in [0.717, 1.165) is 0 Å². The maximum Gasteiger partial charge on any atom is 0.305 e. The first-order valence-electron chi connectivity index (χ1n) is 3.84. The average Bonchev–Trinajstić information content (AvgIpc) is 2.02. The zero-order valence-corrected chi connectivity index (χ0v) is 8.22. The van der Waals surface area contributed by atoms with Crippen LogP contribution in [0.15, 0.2) is 0 Å². The minimum atomic E-state index is -0.849. The quantitative estimate of drug-likeness (QED) is 0.549. The Bertz CT molecular complexity index is 123. The van der Waals surface area contributed by atoms with Crippen molar-refractivity contribution in [1.29, 1.82) is 0 Å². The monoisotopic (exact) mass is 213 g/mol. The van der Waals surface area contributed by atoms with Crippen molar-refractivity contribution in [2.45, 2.75) is 6.42 Å². The second-order valence-electron chi connectivity index (χ2n) is 2.16. The summed E-state index contributed by atoms with van der Waals surface area (Å²) in [5.74, 6) is -0.849. The van der Waals surface area contributed by atoms with Crippen LogP contribution in [0.2, 0.25) is 0 Å². The molecule has 0 spiro atoms. The van der Waals surface area contributed by atoms with E-state index in [9.17, 15) is 4.79 Å². The third-order valence-electron chi connectivity index (χ3n) is 1.09. The fraction of sp³-hybridized carbons (Fsp3) is 0.857. The number of carbonyl (C=O) groups is 1. The minimum Gasteiger partial charge on any atom is -0.481 e. The summed E-state index contributed by atoms with van der Waals surface area (Å²) in [5.41, 5.74) is 5.17. The molecule has 6 heteroatoms. The van der Waals surface area contributed by atoms with Gasteiger partial charge in [-0.2, -0.15) is 0 Å². The third-order valence-corrected chi connectivity index (χ3v) is 1.09. The molecule has 0 aliphatic carbocycles. The molecular formula is C7H16ClNO4. The molecule has 0 radical (unpaired) electrons. The van der Waals surface area contributed by atoms with Gasteiger partial charge in [-0.05, 0) is 0 Å². The van der Waals surface area contributed by atoms with E-state index >= 15 is 0 Å². The van der Waals surface area contributed by atoms with Gasteiger partial charge in [-0.15, -0.1) is 12.4 Å². The van der Waals surface area contributed by atoms with Crippen LogP contribution in [-0.2, 0) is 14.3 Å². The number of carboxylic acid groups (broad SMARTS) is 1. The topological polar surface area (TPSA) is 81.8 Å². The molecular weight excluding hydrogens is 198 g/mol. The molecule has 0 amide bonds. The molecule has 0 unspecified atom stereocenters. The summed E-state index contributed by atoms with van der Waals surface area (Å²) in [4.78, 5) is 10.0. The average molecular weight is 214 g/mol. The highest BCUT2D eigenvalue weighted by molar-refractivity contribution is 5.85. The van der Waals surface area contributed by atoms with Gasteiger partial charge in [0.2, 0.25) is 0 Å². The van der Waals surface area contributed by atoms with E-state index in [0.29, 0.717) is 26.4 Å². The van der Waals surface area contributed by atoms with Gasteiger partial charge in [0.25, 0.3) is 0 Å². The van der Waals surface area contributed by atoms with Gasteiger partial charge in [0, 0.05) is 6.54 Å². The lowest BCUT2D eigenvalue weighted by Gasteiger charge is -2.02. The molecule has 0 fully saturated rings. The van der Waals surface area contributed by atoms with Crippen molar-refractivity contribution in [3.8, 4) is 0 Å². The number of carboxylic acids is 1. The van der Waals surface area contributed by atoms with E-state index in [4.69, 9.17) is 20.3 Å². The van der Waals surface area contributed by atoms with Gasteiger partial charge in [0.1, 0.15) is 0 Å². The number of halogens is 1. The number of ether oxygens (including phenoxy) is 2. The van der Waals surface area contributed by atoms with Crippen LogP contribution in [0.5, 0.6) is 0 Å². The SMILES string of the molecule is Cl.NCCOCCOCCC(=O)O. The van der Waals surface area contributed by atoms with E-state index in [1.54, 1.807) is 0 Å². The minimum absolute atomic E-state index is 0. The van der Waals surface area contributed by atoms with Crippen LogP contribution < -0.4 is 5.73 Å². The summed E-state index contributed by atoms with van der Waals surface area (Å²) in [6.45, 7) is 2.14. The van der Waals surface area contributed by atoms with Gasteiger partial charge >= 0.3 is 5.97 Å². The van der Waals surface area contributed by atoms with Gasteiger partial charge in [0.05, 0.1) is 32.8 Å². The molecule has 0 bridgehead atoms. The Balaban J connectivity index is 0. The number of aliphatic carboxylic acids is 1. The van der Waals surface area contributed by atoms with Crippen LogP contribution in [0.1, 0.15) is 6.42 Å². The largest absolute Gasteiger partial charge is 0.481 e. The Hall–Kier alpha value is -0.360. The van der Waals surface area contributed by atoms with Gasteiger partial charge in [-0.1, -0.05) is 0 Å². The normalized spacial score (nSPS) is 9.31. The molecule has 0 rings (SSSR count). The fourth-order valence-corrected chi connectivity index (χ4v) is 0.565. The molecule has 3 N–H and O–H groups in total. The summed E-state index contributed by atoms with van der Waals surface area (Å²) in [7, 11) is 0. The maximum absolute atomic E-state index is 10.0. The van der Waals surface area contributed by atoms with Crippen molar-refractivity contribution in [1.82, 2.24) is 0 Å². The van der Waals surface area contributed by atoms with E-state index in [1.807, 2.05) is 0 Å². The van der Waals surface area contributed by atoms with Crippen molar-refractivity contribution < 1.29 is 19.4 Å². The molecule has 80 valence electrons. The Kier molecular flexibility index (Phi) is 13.5. The first-order chi connectivity index (χ1) is 5.77. The summed E-state index contributed by atoms with van der Waals surface area (Å²) in [6, 6.07) is 0. The molecule has 0 aliphatic rings. The van der Waals surface area contributed by atoms with Crippen LogP contribution >= 0.6 is 12.4 Å². The number of nitrogens with two attached hydrogens (primary N) is 1. The number of hydrogen-bond donors (Lipinski definition) is 2. The molecule has 0 atom stereocenters. The first-order valence-corrected chi connectivity index (χ1v) is 3.84. The molecule has 13 heavy (non-hydrogen) atoms. The lowest BCUT2D eigenvalue weighted by molar-refractivity contribution is -0.138. The summed E-state index contributed by atoms with van der Waals surface area (Å²) in [5, 5.41) is 8.23. The van der Waals surface area contributed by atoms with Crippen LogP contribution in [0.3, 0.4) is 0 Å². The summed E-state index contributed by atoms with van der Waals surface area (Å²) < 4.78 is 9.94. The number of rotatable bonds is 8. The second kappa shape index (κ2) is 11.6. The predicted molar refractivity (Wildman–Crippen MR) is 50.2 cm³/mol. The van der Waals surface area contributed by atoms with Crippen LogP contribution in [0.25, 0.3) is 0 Å². The first kappa shape index (κ1) is 15.1. The Morgan fingerprint density at radius 3 is 2.15 bits per heavy atom. The van der Waals surface area contributed by atoms with Crippen molar-refractivity contribution >= 4 is 18.4 Å². The standard InChI is InChI=1S/C7H15NO4.ClH/c8-2-4-12-6-5-11-3-1-7(9)10;/h1-6,8H2,(H,9,10);1H. The van der Waals surface area contributed by atoms with Gasteiger partial charge in [0.15, 0.2) is 0 Å². The molecule has 0 aliphatic heterocycles. The van der Waals surface area contributed by atoms with E-state index < -0.39 is 5.97 Å². The highest BCUT2D eigenvalue weighted by Gasteiger charge is 1.95. The lowest BCUT2D eigenvalue weighted by Crippen LogP contribution is -2.13. The zero-order valence-electron chi connectivity index (χ0n) is 7.40. The molecule has 0 saturated heterocycles. The molecule has 0 aromatic rings. The predicted octanol–water partition coefficient (Wildman–Crippen LogP) is -0.125. The smallest absolute Gasteiger partial charge is 0.305 e.